The molecule has 3 heterocycles. The third-order valence-corrected chi connectivity index (χ3v) is 11.7. The number of hydrogen-bond donors (Lipinski definition) is 3. The summed E-state index contributed by atoms with van der Waals surface area (Å²) in [4.78, 5) is 13.1. The van der Waals surface area contributed by atoms with Gasteiger partial charge in [-0.25, -0.2) is 4.98 Å². The molecule has 12 nitrogen and oxygen atoms in total. The fourth-order valence-corrected chi connectivity index (χ4v) is 8.60. The summed E-state index contributed by atoms with van der Waals surface area (Å²) in [5.74, 6) is -0.0718. The van der Waals surface area contributed by atoms with E-state index in [1.54, 1.807) is 49.7 Å². The first-order valence-electron chi connectivity index (χ1n) is 17.1. The summed E-state index contributed by atoms with van der Waals surface area (Å²) in [6.07, 6.45) is -0.247. The number of alkyl halides is 3. The first-order chi connectivity index (χ1) is 24.3. The minimum absolute atomic E-state index is 0.00729. The van der Waals surface area contributed by atoms with Crippen LogP contribution in [0.1, 0.15) is 49.3 Å². The van der Waals surface area contributed by atoms with Crippen LogP contribution < -0.4 is 15.4 Å². The Morgan fingerprint density at radius 2 is 1.69 bits per heavy atom. The molecule has 0 radical (unpaired) electrons. The van der Waals surface area contributed by atoms with Gasteiger partial charge in [-0.2, -0.15) is 18.2 Å². The third-order valence-electron chi connectivity index (χ3n) is 9.65. The van der Waals surface area contributed by atoms with E-state index in [0.717, 1.165) is 50.0 Å². The summed E-state index contributed by atoms with van der Waals surface area (Å²) in [7, 11) is 1.89. The number of aryl methyl sites for hydroxylation is 1. The molecular weight excluding hydrogens is 686 g/mol. The van der Waals surface area contributed by atoms with E-state index < -0.39 is 25.2 Å². The lowest BCUT2D eigenvalue weighted by Crippen LogP contribution is -2.52. The number of likely N-dealkylation sites (N-methyl/N-ethyl adjacent to an activating group) is 1. The van der Waals surface area contributed by atoms with Crippen LogP contribution in [0, 0.1) is 0 Å². The minimum atomic E-state index is -4.77. The Hall–Kier alpha value is -3.88. The van der Waals surface area contributed by atoms with Crippen molar-refractivity contribution in [2.24, 2.45) is 7.05 Å². The van der Waals surface area contributed by atoms with Crippen molar-refractivity contribution in [2.45, 2.75) is 51.0 Å². The number of anilines is 4. The number of halogens is 3. The molecule has 1 aliphatic carbocycles. The maximum Gasteiger partial charge on any atom is 0.421 e. The average Bonchev–Trinajstić information content (AvgIpc) is 3.36. The maximum atomic E-state index is 14.3. The number of nitrogens with one attached hydrogen (secondary N) is 2. The predicted molar refractivity (Wildman–Crippen MR) is 191 cm³/mol. The fourth-order valence-electron chi connectivity index (χ4n) is 6.91. The van der Waals surface area contributed by atoms with Crippen LogP contribution in [-0.4, -0.2) is 89.0 Å². The van der Waals surface area contributed by atoms with E-state index in [-0.39, 0.29) is 42.8 Å². The van der Waals surface area contributed by atoms with Crippen molar-refractivity contribution in [2.75, 3.05) is 64.2 Å². The van der Waals surface area contributed by atoms with Gasteiger partial charge in [-0.1, -0.05) is 12.1 Å². The molecule has 51 heavy (non-hydrogen) atoms. The average molecular weight is 732 g/mol. The van der Waals surface area contributed by atoms with Gasteiger partial charge in [0.2, 0.25) is 11.8 Å². The quantitative estimate of drug-likeness (QED) is 0.119. The normalized spacial score (nSPS) is 18.9. The van der Waals surface area contributed by atoms with Crippen LogP contribution in [0.25, 0.3) is 10.8 Å². The molecular formula is C35H45F3N7O5P. The van der Waals surface area contributed by atoms with Crippen LogP contribution in [0.4, 0.5) is 36.3 Å². The molecule has 0 unspecified atom stereocenters. The Morgan fingerprint density at radius 1 is 1.00 bits per heavy atom. The highest BCUT2D eigenvalue weighted by molar-refractivity contribution is 7.53. The topological polar surface area (TPSA) is 126 Å². The first kappa shape index (κ1) is 36.9. The third kappa shape index (κ3) is 7.97. The number of rotatable bonds is 13. The van der Waals surface area contributed by atoms with E-state index >= 15 is 0 Å². The van der Waals surface area contributed by atoms with Gasteiger partial charge >= 0.3 is 13.8 Å². The molecule has 1 saturated heterocycles. The summed E-state index contributed by atoms with van der Waals surface area (Å²) in [5.41, 5.74) is 1.27. The summed E-state index contributed by atoms with van der Waals surface area (Å²) in [6, 6.07) is 9.10. The highest BCUT2D eigenvalue weighted by atomic mass is 31.2. The number of nitrogens with zero attached hydrogens (tertiary/aromatic N) is 5. The van der Waals surface area contributed by atoms with Gasteiger partial charge in [0.25, 0.3) is 0 Å². The molecule has 0 amide bonds. The second kappa shape index (κ2) is 15.0. The summed E-state index contributed by atoms with van der Waals surface area (Å²) in [5, 5.41) is 18.1. The zero-order valence-corrected chi connectivity index (χ0v) is 30.4. The Morgan fingerprint density at radius 3 is 2.33 bits per heavy atom. The Bertz CT molecular complexity index is 1900. The van der Waals surface area contributed by atoms with E-state index in [0.29, 0.717) is 34.6 Å². The van der Waals surface area contributed by atoms with Gasteiger partial charge in [-0.15, -0.1) is 0 Å². The van der Waals surface area contributed by atoms with Gasteiger partial charge in [0.05, 0.1) is 43.2 Å². The predicted octanol–water partition coefficient (Wildman–Crippen LogP) is 7.45. The highest BCUT2D eigenvalue weighted by Crippen LogP contribution is 2.52. The Labute approximate surface area is 295 Å². The summed E-state index contributed by atoms with van der Waals surface area (Å²) < 4.78 is 73.8. The number of piperazine rings is 1. The van der Waals surface area contributed by atoms with Gasteiger partial charge in [0, 0.05) is 57.0 Å². The zero-order valence-electron chi connectivity index (χ0n) is 29.5. The summed E-state index contributed by atoms with van der Waals surface area (Å²) in [6.45, 7) is 8.07. The first-order valence-corrected chi connectivity index (χ1v) is 18.8. The number of aromatic nitrogens is 3. The largest absolute Gasteiger partial charge is 0.495 e. The lowest BCUT2D eigenvalue weighted by Gasteiger charge is -2.46. The number of fused-ring (bicyclic) bond motifs is 1. The van der Waals surface area contributed by atoms with E-state index in [9.17, 15) is 22.8 Å². The monoisotopic (exact) mass is 731 g/mol. The molecule has 2 fully saturated rings. The molecule has 2 aromatic carbocycles. The lowest BCUT2D eigenvalue weighted by atomic mass is 9.74. The molecule has 0 spiro atoms. The SMILES string of the molecule is CCOP(=O)(Cc1ccc(Nc2ncc(C(F)(F)F)c(Nc3ccc(C4CC(N5CCN(C)CC5)C4)c4cn(C)c(O)c34)n2)c(OC)c1)OCC. The maximum absolute atomic E-state index is 14.3. The molecule has 0 bridgehead atoms. The van der Waals surface area contributed by atoms with Crippen molar-refractivity contribution in [1.29, 1.82) is 0 Å². The van der Waals surface area contributed by atoms with Crippen LogP contribution in [0.15, 0.2) is 42.7 Å². The molecule has 6 rings (SSSR count). The molecule has 0 atom stereocenters. The molecule has 2 aliphatic rings. The van der Waals surface area contributed by atoms with E-state index in [1.165, 1.54) is 7.11 Å². The van der Waals surface area contributed by atoms with Crippen LogP contribution in [0.3, 0.4) is 0 Å². The number of benzene rings is 2. The second-order valence-corrected chi connectivity index (χ2v) is 15.1. The summed E-state index contributed by atoms with van der Waals surface area (Å²) >= 11 is 0. The molecule has 16 heteroatoms. The van der Waals surface area contributed by atoms with Gasteiger partial charge in [-0.05, 0) is 69.0 Å². The van der Waals surface area contributed by atoms with E-state index in [2.05, 4.69) is 37.4 Å². The van der Waals surface area contributed by atoms with Gasteiger partial charge in [0.15, 0.2) is 0 Å². The number of methoxy groups -OCH3 is 1. The Balaban J connectivity index is 1.27. The van der Waals surface area contributed by atoms with Crippen molar-refractivity contribution in [3.8, 4) is 11.6 Å². The molecule has 4 aromatic rings. The van der Waals surface area contributed by atoms with Gasteiger partial charge in [0.1, 0.15) is 17.1 Å². The number of ether oxygens (including phenoxy) is 1. The van der Waals surface area contributed by atoms with Gasteiger partial charge in [-0.3, -0.25) is 9.46 Å². The lowest BCUT2D eigenvalue weighted by molar-refractivity contribution is -0.137. The van der Waals surface area contributed by atoms with Crippen LogP contribution in [0.5, 0.6) is 11.6 Å². The van der Waals surface area contributed by atoms with Crippen molar-refractivity contribution in [3.05, 3.63) is 59.4 Å². The van der Waals surface area contributed by atoms with Crippen LogP contribution >= 0.6 is 7.60 Å². The molecule has 1 aliphatic heterocycles. The van der Waals surface area contributed by atoms with Crippen molar-refractivity contribution < 1.29 is 36.6 Å². The minimum Gasteiger partial charge on any atom is -0.495 e. The van der Waals surface area contributed by atoms with Crippen molar-refractivity contribution in [1.82, 2.24) is 24.3 Å². The number of aromatic hydroxyl groups is 1. The van der Waals surface area contributed by atoms with E-state index in [4.69, 9.17) is 13.8 Å². The van der Waals surface area contributed by atoms with Crippen LogP contribution in [-0.2, 0) is 33.0 Å². The smallest absolute Gasteiger partial charge is 0.421 e. The fraction of sp³-hybridized carbons (Fsp3) is 0.486. The van der Waals surface area contributed by atoms with E-state index in [1.807, 2.05) is 12.3 Å². The standard InChI is InChI=1S/C35H45F3N7O5P/c1-6-49-51(47,50-7-2)21-22-8-10-28(30(16-22)48-5)41-34-39-19-27(35(36,37)38)32(42-34)40-29-11-9-25(26-20-44(4)33(46)31(26)29)23-17-24(18-23)45-14-12-43(3)13-15-45/h8-11,16,19-20,23-24,46H,6-7,12-15,17-18,21H2,1-5H3,(H2,39,40,41,42). The molecule has 276 valence electrons. The molecule has 2 aromatic heterocycles. The van der Waals surface area contributed by atoms with Crippen molar-refractivity contribution in [3.63, 3.8) is 0 Å². The van der Waals surface area contributed by atoms with Crippen LogP contribution in [0.2, 0.25) is 0 Å². The van der Waals surface area contributed by atoms with Crippen molar-refractivity contribution >= 4 is 41.5 Å². The molecule has 3 N–H and O–H groups in total. The van der Waals surface area contributed by atoms with Gasteiger partial charge < -0.3 is 39.0 Å². The number of hydrogen-bond acceptors (Lipinski definition) is 11. The zero-order chi connectivity index (χ0) is 36.5. The highest BCUT2D eigenvalue weighted by Gasteiger charge is 2.38. The Kier molecular flexibility index (Phi) is 10.9. The second-order valence-electron chi connectivity index (χ2n) is 13.1. The molecule has 1 saturated carbocycles.